The molecule has 0 spiro atoms. The lowest BCUT2D eigenvalue weighted by molar-refractivity contribution is -0.136. The van der Waals surface area contributed by atoms with Gasteiger partial charge in [0.05, 0.1) is 11.3 Å². The number of aromatic amines is 1. The van der Waals surface area contributed by atoms with E-state index in [0.717, 1.165) is 12.1 Å². The number of thiazole rings is 1. The van der Waals surface area contributed by atoms with E-state index in [2.05, 4.69) is 10.3 Å². The van der Waals surface area contributed by atoms with E-state index in [1.165, 1.54) is 19.1 Å². The van der Waals surface area contributed by atoms with Crippen LogP contribution in [0.5, 0.6) is 0 Å². The zero-order valence-electron chi connectivity index (χ0n) is 10.2. The lowest BCUT2D eigenvalue weighted by Gasteiger charge is -2.13. The Morgan fingerprint density at radius 2 is 1.95 bits per heavy atom. The van der Waals surface area contributed by atoms with E-state index in [1.54, 1.807) is 0 Å². The smallest absolute Gasteiger partial charge is 0.321 e. The van der Waals surface area contributed by atoms with Crippen LogP contribution in [0.1, 0.15) is 20.9 Å². The lowest BCUT2D eigenvalue weighted by Crippen LogP contribution is -2.16. The van der Waals surface area contributed by atoms with E-state index < -0.39 is 22.5 Å². The van der Waals surface area contributed by atoms with Crippen LogP contribution in [-0.4, -0.2) is 10.9 Å². The van der Waals surface area contributed by atoms with Crippen molar-refractivity contribution in [2.24, 2.45) is 0 Å². The van der Waals surface area contributed by atoms with Gasteiger partial charge in [0.15, 0.2) is 0 Å². The summed E-state index contributed by atoms with van der Waals surface area (Å²) in [6.45, 7) is 1.50. The molecular weight excluding hydrogens is 293 g/mol. The summed E-state index contributed by atoms with van der Waals surface area (Å²) in [7, 11) is 0. The predicted molar refractivity (Wildman–Crippen MR) is 69.1 cm³/mol. The zero-order valence-corrected chi connectivity index (χ0v) is 11.0. The van der Waals surface area contributed by atoms with Crippen molar-refractivity contribution in [3.05, 3.63) is 50.1 Å². The third kappa shape index (κ3) is 2.90. The van der Waals surface area contributed by atoms with Gasteiger partial charge in [0.1, 0.15) is 4.88 Å². The second-order valence-electron chi connectivity index (χ2n) is 3.97. The molecule has 1 heterocycles. The van der Waals surface area contributed by atoms with Crippen molar-refractivity contribution in [3.8, 4) is 0 Å². The number of anilines is 1. The van der Waals surface area contributed by atoms with Gasteiger partial charge in [-0.25, -0.2) is 0 Å². The lowest BCUT2D eigenvalue weighted by atomic mass is 10.1. The summed E-state index contributed by atoms with van der Waals surface area (Å²) in [6, 6.07) is 4.66. The van der Waals surface area contributed by atoms with Gasteiger partial charge in [-0.1, -0.05) is 23.5 Å². The topological polar surface area (TPSA) is 62.0 Å². The number of para-hydroxylation sites is 1. The van der Waals surface area contributed by atoms with Gasteiger partial charge in [-0.05, 0) is 19.1 Å². The third-order valence-corrected chi connectivity index (χ3v) is 3.49. The van der Waals surface area contributed by atoms with Crippen molar-refractivity contribution in [1.82, 2.24) is 4.98 Å². The maximum atomic E-state index is 12.8. The Kier molecular flexibility index (Phi) is 3.67. The number of benzene rings is 1. The summed E-state index contributed by atoms with van der Waals surface area (Å²) in [6.07, 6.45) is -4.57. The molecule has 0 atom stereocenters. The van der Waals surface area contributed by atoms with Crippen molar-refractivity contribution in [1.29, 1.82) is 0 Å². The molecule has 0 unspecified atom stereocenters. The molecule has 0 bridgehead atoms. The molecule has 0 radical (unpaired) electrons. The van der Waals surface area contributed by atoms with Crippen LogP contribution in [0.4, 0.5) is 18.9 Å². The fraction of sp³-hybridized carbons (Fsp3) is 0.167. The Balaban J connectivity index is 2.34. The second kappa shape index (κ2) is 5.12. The summed E-state index contributed by atoms with van der Waals surface area (Å²) in [4.78, 5) is 25.0. The molecule has 0 aliphatic heterocycles. The minimum Gasteiger partial charge on any atom is -0.321 e. The Hall–Kier alpha value is -2.09. The van der Waals surface area contributed by atoms with Crippen LogP contribution in [0.25, 0.3) is 0 Å². The number of hydrogen-bond acceptors (Lipinski definition) is 3. The Bertz CT molecular complexity index is 703. The summed E-state index contributed by atoms with van der Waals surface area (Å²) in [5.41, 5.74) is -0.957. The number of aryl methyl sites for hydroxylation is 1. The fourth-order valence-electron chi connectivity index (χ4n) is 1.64. The number of amides is 1. The highest BCUT2D eigenvalue weighted by Gasteiger charge is 2.33. The molecule has 0 fully saturated rings. The number of carbonyl (C=O) groups is 1. The van der Waals surface area contributed by atoms with E-state index in [0.29, 0.717) is 17.0 Å². The van der Waals surface area contributed by atoms with Gasteiger partial charge in [0, 0.05) is 5.69 Å². The maximum absolute atomic E-state index is 12.8. The first kappa shape index (κ1) is 14.3. The largest absolute Gasteiger partial charge is 0.418 e. The molecule has 2 N–H and O–H groups in total. The summed E-state index contributed by atoms with van der Waals surface area (Å²) >= 11 is 0.651. The van der Waals surface area contributed by atoms with E-state index in [9.17, 15) is 22.8 Å². The van der Waals surface area contributed by atoms with Gasteiger partial charge in [-0.15, -0.1) is 0 Å². The van der Waals surface area contributed by atoms with Crippen molar-refractivity contribution in [2.45, 2.75) is 13.1 Å². The monoisotopic (exact) mass is 302 g/mol. The minimum atomic E-state index is -4.57. The highest BCUT2D eigenvalue weighted by Crippen LogP contribution is 2.34. The quantitative estimate of drug-likeness (QED) is 0.895. The Labute approximate surface area is 115 Å². The Morgan fingerprint density at radius 1 is 1.30 bits per heavy atom. The van der Waals surface area contributed by atoms with Gasteiger partial charge >= 0.3 is 11.0 Å². The number of hydrogen-bond donors (Lipinski definition) is 2. The standard InChI is InChI=1S/C12H9F3N2O2S/c1-6-9(20-11(19)16-6)10(18)17-8-5-3-2-4-7(8)12(13,14)15/h2-5H,1H3,(H,16,19)(H,17,18). The van der Waals surface area contributed by atoms with E-state index in [1.807, 2.05) is 0 Å². The second-order valence-corrected chi connectivity index (χ2v) is 4.95. The number of aromatic nitrogens is 1. The van der Waals surface area contributed by atoms with Crippen molar-refractivity contribution in [3.63, 3.8) is 0 Å². The summed E-state index contributed by atoms with van der Waals surface area (Å²) in [5, 5.41) is 2.18. The summed E-state index contributed by atoms with van der Waals surface area (Å²) < 4.78 is 38.3. The van der Waals surface area contributed by atoms with E-state index in [4.69, 9.17) is 0 Å². The number of nitrogens with one attached hydrogen (secondary N) is 2. The van der Waals surface area contributed by atoms with Crippen molar-refractivity contribution >= 4 is 22.9 Å². The van der Waals surface area contributed by atoms with Crippen LogP contribution in [0.2, 0.25) is 0 Å². The zero-order chi connectivity index (χ0) is 14.9. The molecular formula is C12H9F3N2O2S. The van der Waals surface area contributed by atoms with Crippen LogP contribution in [-0.2, 0) is 6.18 Å². The number of halogens is 3. The van der Waals surface area contributed by atoms with E-state index >= 15 is 0 Å². The predicted octanol–water partition coefficient (Wildman–Crippen LogP) is 3.02. The minimum absolute atomic E-state index is 0.0620. The molecule has 2 rings (SSSR count). The van der Waals surface area contributed by atoms with Gasteiger partial charge < -0.3 is 10.3 Å². The summed E-state index contributed by atoms with van der Waals surface area (Å²) in [5.74, 6) is -0.748. The molecule has 4 nitrogen and oxygen atoms in total. The molecule has 0 aliphatic carbocycles. The molecule has 0 saturated carbocycles. The number of rotatable bonds is 2. The first-order valence-electron chi connectivity index (χ1n) is 5.46. The van der Waals surface area contributed by atoms with Crippen LogP contribution in [0.15, 0.2) is 29.1 Å². The molecule has 8 heteroatoms. The van der Waals surface area contributed by atoms with Gasteiger partial charge in [0.25, 0.3) is 5.91 Å². The van der Waals surface area contributed by atoms with Crippen LogP contribution in [0, 0.1) is 6.92 Å². The van der Waals surface area contributed by atoms with Gasteiger partial charge in [-0.3, -0.25) is 9.59 Å². The molecule has 20 heavy (non-hydrogen) atoms. The SMILES string of the molecule is Cc1[nH]c(=O)sc1C(=O)Nc1ccccc1C(F)(F)F. The number of carbonyl (C=O) groups excluding carboxylic acids is 1. The number of H-pyrrole nitrogens is 1. The van der Waals surface area contributed by atoms with Crippen molar-refractivity contribution in [2.75, 3.05) is 5.32 Å². The van der Waals surface area contributed by atoms with Crippen LogP contribution < -0.4 is 10.2 Å². The molecule has 106 valence electrons. The van der Waals surface area contributed by atoms with E-state index in [-0.39, 0.29) is 10.6 Å². The van der Waals surface area contributed by atoms with Crippen molar-refractivity contribution < 1.29 is 18.0 Å². The molecule has 1 amide bonds. The van der Waals surface area contributed by atoms with Gasteiger partial charge in [0.2, 0.25) is 0 Å². The normalized spacial score (nSPS) is 11.4. The molecule has 1 aromatic carbocycles. The molecule has 1 aromatic heterocycles. The molecule has 2 aromatic rings. The molecule has 0 aliphatic rings. The first-order chi connectivity index (χ1) is 9.29. The third-order valence-electron chi connectivity index (χ3n) is 2.51. The van der Waals surface area contributed by atoms with Crippen LogP contribution in [0.3, 0.4) is 0 Å². The Morgan fingerprint density at radius 3 is 2.50 bits per heavy atom. The number of alkyl halides is 3. The highest BCUT2D eigenvalue weighted by atomic mass is 32.1. The van der Waals surface area contributed by atoms with Crippen LogP contribution >= 0.6 is 11.3 Å². The average molecular weight is 302 g/mol. The average Bonchev–Trinajstić information content (AvgIpc) is 2.68. The van der Waals surface area contributed by atoms with Gasteiger partial charge in [-0.2, -0.15) is 13.2 Å². The highest BCUT2D eigenvalue weighted by molar-refractivity contribution is 7.11. The first-order valence-corrected chi connectivity index (χ1v) is 6.28. The maximum Gasteiger partial charge on any atom is 0.418 e. The molecule has 0 saturated heterocycles. The fourth-order valence-corrected chi connectivity index (χ4v) is 2.38.